The molecule has 0 heterocycles. The van der Waals surface area contributed by atoms with E-state index in [-0.39, 0.29) is 95.7 Å². The van der Waals surface area contributed by atoms with Gasteiger partial charge in [-0.1, -0.05) is 27.7 Å². The Labute approximate surface area is 314 Å². The Morgan fingerprint density at radius 2 is 0.648 bits per heavy atom. The van der Waals surface area contributed by atoms with Gasteiger partial charge in [-0.25, -0.2) is 78.3 Å². The molecule has 0 bridgehead atoms. The molecular weight excluding hydrogens is 696 g/mol. The van der Waals surface area contributed by atoms with Crippen LogP contribution in [0.4, 0.5) is 0 Å². The van der Waals surface area contributed by atoms with E-state index in [0.717, 1.165) is 51.4 Å². The standard InChI is InChI=1S/2C19H24N4O4/c1-12-3-14(18(22-10-26)6-16(12)20-8-24)5-15-4-13(2)17(21-9-25)7-19(15)23-11-27;1-12-16(20-8-24)5-3-14(18(12)22-10-26)7-15-4-6-17(21-9-25)13(2)19(15)23-11-27/h2*12-19H,3-7H2,1-2H3. The smallest absolute Gasteiger partial charge is 0.211 e. The Balaban J connectivity index is 0.000000290. The molecule has 4 aliphatic carbocycles. The second-order valence-electron chi connectivity index (χ2n) is 15.4. The van der Waals surface area contributed by atoms with E-state index in [1.54, 1.807) is 48.6 Å². The first-order valence-corrected chi connectivity index (χ1v) is 18.7. The van der Waals surface area contributed by atoms with Crippen molar-refractivity contribution < 1.29 is 38.4 Å². The molecule has 0 N–H and O–H groups in total. The van der Waals surface area contributed by atoms with Gasteiger partial charge in [0.15, 0.2) is 0 Å². The zero-order valence-electron chi connectivity index (χ0n) is 31.2. The van der Waals surface area contributed by atoms with Crippen LogP contribution in [0.3, 0.4) is 0 Å². The second kappa shape index (κ2) is 22.3. The van der Waals surface area contributed by atoms with Crippen molar-refractivity contribution in [2.45, 2.75) is 140 Å². The number of rotatable bonds is 12. The molecule has 4 aliphatic rings. The highest BCUT2D eigenvalue weighted by atomic mass is 16.1. The number of aliphatic imine (C=N–C) groups is 8. The predicted molar refractivity (Wildman–Crippen MR) is 192 cm³/mol. The van der Waals surface area contributed by atoms with Gasteiger partial charge in [0.1, 0.15) is 0 Å². The van der Waals surface area contributed by atoms with Crippen LogP contribution in [0.25, 0.3) is 0 Å². The average Bonchev–Trinajstić information content (AvgIpc) is 3.14. The fourth-order valence-electron chi connectivity index (χ4n) is 9.69. The van der Waals surface area contributed by atoms with Crippen molar-refractivity contribution in [2.24, 2.45) is 87.3 Å². The van der Waals surface area contributed by atoms with Crippen molar-refractivity contribution in [3.05, 3.63) is 0 Å². The van der Waals surface area contributed by atoms with E-state index in [4.69, 9.17) is 0 Å². The first-order valence-electron chi connectivity index (χ1n) is 18.7. The summed E-state index contributed by atoms with van der Waals surface area (Å²) in [4.78, 5) is 117. The first-order chi connectivity index (χ1) is 26.1. The SMILES string of the molecule is CC1C(N=C=O)CCC(CC2CCC(N=C=O)C(C)C2N=C=O)C1N=C=O.CC1CC(CC2CC(C)C(N=C=O)CC2N=C=O)C(N=C=O)CC1N=C=O. The van der Waals surface area contributed by atoms with Gasteiger partial charge in [0.2, 0.25) is 48.6 Å². The molecule has 0 spiro atoms. The molecule has 0 aromatic rings. The van der Waals surface area contributed by atoms with E-state index in [1.807, 2.05) is 27.7 Å². The van der Waals surface area contributed by atoms with Gasteiger partial charge in [-0.3, -0.25) is 0 Å². The number of nitrogens with zero attached hydrogens (tertiary/aromatic N) is 8. The highest BCUT2D eigenvalue weighted by Crippen LogP contribution is 2.44. The van der Waals surface area contributed by atoms with Crippen LogP contribution < -0.4 is 0 Å². The molecule has 0 radical (unpaired) electrons. The number of carbonyl (C=O) groups excluding carboxylic acids is 8. The summed E-state index contributed by atoms with van der Waals surface area (Å²) < 4.78 is 0. The van der Waals surface area contributed by atoms with Crippen LogP contribution in [0.1, 0.15) is 91.9 Å². The van der Waals surface area contributed by atoms with Gasteiger partial charge in [0, 0.05) is 11.8 Å². The topological polar surface area (TPSA) is 235 Å². The number of hydrogen-bond donors (Lipinski definition) is 0. The Morgan fingerprint density at radius 1 is 0.352 bits per heavy atom. The molecular formula is C38H48N8O8. The van der Waals surface area contributed by atoms with Crippen molar-refractivity contribution >= 4 is 48.6 Å². The maximum absolute atomic E-state index is 10.9. The van der Waals surface area contributed by atoms with Gasteiger partial charge in [0.05, 0.1) is 48.3 Å². The fourth-order valence-corrected chi connectivity index (χ4v) is 9.69. The largest absolute Gasteiger partial charge is 0.235 e. The van der Waals surface area contributed by atoms with E-state index in [1.165, 1.54) is 0 Å². The lowest BCUT2D eigenvalue weighted by molar-refractivity contribution is 0.132. The van der Waals surface area contributed by atoms with E-state index < -0.39 is 0 Å². The minimum atomic E-state index is -0.278. The van der Waals surface area contributed by atoms with Crippen molar-refractivity contribution in [3.63, 3.8) is 0 Å². The number of isocyanates is 8. The predicted octanol–water partition coefficient (Wildman–Crippen LogP) is 4.57. The molecule has 16 heteroatoms. The zero-order chi connectivity index (χ0) is 39.6. The lowest BCUT2D eigenvalue weighted by Crippen LogP contribution is -2.43. The molecule has 16 nitrogen and oxygen atoms in total. The van der Waals surface area contributed by atoms with Crippen LogP contribution >= 0.6 is 0 Å². The van der Waals surface area contributed by atoms with E-state index >= 15 is 0 Å². The first kappa shape index (κ1) is 43.4. The third kappa shape index (κ3) is 11.5. The molecule has 0 aromatic carbocycles. The normalized spacial score (nSPS) is 38.3. The van der Waals surface area contributed by atoms with Gasteiger partial charge in [-0.15, -0.1) is 0 Å². The lowest BCUT2D eigenvalue weighted by atomic mass is 9.67. The van der Waals surface area contributed by atoms with Crippen molar-refractivity contribution in [3.8, 4) is 0 Å². The minimum absolute atomic E-state index is 0.0619. The summed E-state index contributed by atoms with van der Waals surface area (Å²) in [5.41, 5.74) is 0. The Kier molecular flexibility index (Phi) is 17.9. The maximum atomic E-state index is 10.9. The third-order valence-electron chi connectivity index (χ3n) is 12.6. The summed E-state index contributed by atoms with van der Waals surface area (Å²) in [6.45, 7) is 7.92. The molecule has 0 aliphatic heterocycles. The summed E-state index contributed by atoms with van der Waals surface area (Å²) in [5, 5.41) is 0. The van der Waals surface area contributed by atoms with Crippen LogP contribution in [-0.4, -0.2) is 97.0 Å². The van der Waals surface area contributed by atoms with Crippen LogP contribution in [-0.2, 0) is 38.4 Å². The Bertz CT molecular complexity index is 1520. The maximum Gasteiger partial charge on any atom is 0.235 e. The van der Waals surface area contributed by atoms with Gasteiger partial charge in [-0.05, 0) is 99.7 Å². The molecule has 54 heavy (non-hydrogen) atoms. The molecule has 4 fully saturated rings. The highest BCUT2D eigenvalue weighted by molar-refractivity contribution is 5.37. The van der Waals surface area contributed by atoms with Gasteiger partial charge < -0.3 is 0 Å². The molecule has 4 saturated carbocycles. The quantitative estimate of drug-likeness (QED) is 0.202. The second-order valence-corrected chi connectivity index (χ2v) is 15.4. The molecule has 288 valence electrons. The summed E-state index contributed by atoms with van der Waals surface area (Å²) in [5.74, 6) is 0.701. The molecule has 0 aromatic heterocycles. The molecule has 0 saturated heterocycles. The van der Waals surface area contributed by atoms with Crippen molar-refractivity contribution in [2.75, 3.05) is 0 Å². The third-order valence-corrected chi connectivity index (χ3v) is 12.6. The minimum Gasteiger partial charge on any atom is -0.211 e. The van der Waals surface area contributed by atoms with Crippen LogP contribution in [0.5, 0.6) is 0 Å². The summed E-state index contributed by atoms with van der Waals surface area (Å²) in [6.07, 6.45) is 20.1. The van der Waals surface area contributed by atoms with E-state index in [0.29, 0.717) is 12.8 Å². The average molecular weight is 745 g/mol. The molecule has 4 rings (SSSR count). The molecule has 16 atom stereocenters. The van der Waals surface area contributed by atoms with Crippen LogP contribution in [0, 0.1) is 47.3 Å². The zero-order valence-corrected chi connectivity index (χ0v) is 31.2. The van der Waals surface area contributed by atoms with Crippen LogP contribution in [0.15, 0.2) is 39.9 Å². The summed E-state index contributed by atoms with van der Waals surface area (Å²) in [7, 11) is 0. The number of hydrogen-bond acceptors (Lipinski definition) is 16. The highest BCUT2D eigenvalue weighted by Gasteiger charge is 2.44. The van der Waals surface area contributed by atoms with Crippen molar-refractivity contribution in [1.82, 2.24) is 0 Å². The Hall–Kier alpha value is -4.96. The summed E-state index contributed by atoms with van der Waals surface area (Å²) >= 11 is 0. The Morgan fingerprint density at radius 3 is 0.981 bits per heavy atom. The van der Waals surface area contributed by atoms with Crippen LogP contribution in [0.2, 0.25) is 0 Å². The van der Waals surface area contributed by atoms with Crippen molar-refractivity contribution in [1.29, 1.82) is 0 Å². The van der Waals surface area contributed by atoms with Gasteiger partial charge in [-0.2, -0.15) is 0 Å². The lowest BCUT2D eigenvalue weighted by Gasteiger charge is -2.42. The monoisotopic (exact) mass is 744 g/mol. The fraction of sp³-hybridized carbons (Fsp3) is 0.789. The van der Waals surface area contributed by atoms with E-state index in [2.05, 4.69) is 39.9 Å². The summed E-state index contributed by atoms with van der Waals surface area (Å²) in [6, 6.07) is -1.85. The molecule has 16 unspecified atom stereocenters. The van der Waals surface area contributed by atoms with Gasteiger partial charge in [0.25, 0.3) is 0 Å². The molecule has 0 amide bonds. The van der Waals surface area contributed by atoms with Gasteiger partial charge >= 0.3 is 0 Å². The van der Waals surface area contributed by atoms with E-state index in [9.17, 15) is 38.4 Å².